The first-order valence-electron chi connectivity index (χ1n) is 6.67. The zero-order valence-corrected chi connectivity index (χ0v) is 11.3. The second kappa shape index (κ2) is 6.02. The molecule has 0 saturated heterocycles. The van der Waals surface area contributed by atoms with Gasteiger partial charge in [0.2, 0.25) is 11.8 Å². The second-order valence-corrected chi connectivity index (χ2v) is 5.08. The van der Waals surface area contributed by atoms with Gasteiger partial charge in [-0.2, -0.15) is 0 Å². The third-order valence-electron chi connectivity index (χ3n) is 3.89. The highest BCUT2D eigenvalue weighted by molar-refractivity contribution is 5.83. The van der Waals surface area contributed by atoms with Crippen molar-refractivity contribution in [2.24, 2.45) is 11.1 Å². The van der Waals surface area contributed by atoms with Crippen molar-refractivity contribution < 1.29 is 9.53 Å². The number of rotatable bonds is 5. The summed E-state index contributed by atoms with van der Waals surface area (Å²) in [4.78, 5) is 16.3. The molecule has 1 aromatic heterocycles. The van der Waals surface area contributed by atoms with Crippen LogP contribution in [-0.2, 0) is 11.3 Å². The van der Waals surface area contributed by atoms with E-state index >= 15 is 0 Å². The van der Waals surface area contributed by atoms with Gasteiger partial charge in [-0.1, -0.05) is 12.8 Å². The molecular weight excluding hydrogens is 242 g/mol. The molecule has 104 valence electrons. The van der Waals surface area contributed by atoms with Gasteiger partial charge in [-0.15, -0.1) is 0 Å². The van der Waals surface area contributed by atoms with Crippen molar-refractivity contribution in [3.8, 4) is 5.88 Å². The Morgan fingerprint density at radius 1 is 1.53 bits per heavy atom. The molecule has 0 aliphatic heterocycles. The van der Waals surface area contributed by atoms with E-state index in [0.717, 1.165) is 31.2 Å². The van der Waals surface area contributed by atoms with E-state index in [4.69, 9.17) is 10.5 Å². The van der Waals surface area contributed by atoms with Gasteiger partial charge in [0, 0.05) is 25.4 Å². The molecule has 2 rings (SSSR count). The third-order valence-corrected chi connectivity index (χ3v) is 3.89. The quantitative estimate of drug-likeness (QED) is 0.837. The molecule has 1 aliphatic carbocycles. The van der Waals surface area contributed by atoms with Gasteiger partial charge in [0.1, 0.15) is 0 Å². The number of methoxy groups -OCH3 is 1. The van der Waals surface area contributed by atoms with Gasteiger partial charge in [0.25, 0.3) is 0 Å². The summed E-state index contributed by atoms with van der Waals surface area (Å²) in [6.07, 6.45) is 5.65. The van der Waals surface area contributed by atoms with Crippen molar-refractivity contribution in [1.82, 2.24) is 10.3 Å². The summed E-state index contributed by atoms with van der Waals surface area (Å²) in [6.45, 7) is 0.915. The number of nitrogens with two attached hydrogens (primary N) is 1. The van der Waals surface area contributed by atoms with Crippen LogP contribution in [0.4, 0.5) is 0 Å². The van der Waals surface area contributed by atoms with E-state index in [9.17, 15) is 4.79 Å². The molecule has 0 radical (unpaired) electrons. The number of hydrogen-bond donors (Lipinski definition) is 2. The fourth-order valence-electron chi connectivity index (χ4n) is 2.62. The van der Waals surface area contributed by atoms with Crippen LogP contribution < -0.4 is 15.8 Å². The normalized spacial score (nSPS) is 17.2. The minimum Gasteiger partial charge on any atom is -0.481 e. The largest absolute Gasteiger partial charge is 0.481 e. The number of carbonyl (C=O) groups is 1. The summed E-state index contributed by atoms with van der Waals surface area (Å²) in [7, 11) is 1.58. The highest BCUT2D eigenvalue weighted by Crippen LogP contribution is 2.37. The van der Waals surface area contributed by atoms with E-state index in [1.54, 1.807) is 13.3 Å². The predicted octanol–water partition coefficient (Wildman–Crippen LogP) is 1.23. The highest BCUT2D eigenvalue weighted by Gasteiger charge is 2.39. The number of nitrogens with one attached hydrogen (secondary N) is 1. The van der Waals surface area contributed by atoms with Crippen LogP contribution >= 0.6 is 0 Å². The molecule has 5 heteroatoms. The molecule has 1 heterocycles. The van der Waals surface area contributed by atoms with Crippen molar-refractivity contribution in [3.05, 3.63) is 23.9 Å². The van der Waals surface area contributed by atoms with Crippen LogP contribution in [0.25, 0.3) is 0 Å². The Kier molecular flexibility index (Phi) is 4.37. The molecule has 0 atom stereocenters. The number of hydrogen-bond acceptors (Lipinski definition) is 4. The molecule has 1 amide bonds. The lowest BCUT2D eigenvalue weighted by Gasteiger charge is -2.25. The summed E-state index contributed by atoms with van der Waals surface area (Å²) in [5.74, 6) is 0.629. The molecule has 0 unspecified atom stereocenters. The number of aromatic nitrogens is 1. The Balaban J connectivity index is 1.96. The van der Waals surface area contributed by atoms with Crippen molar-refractivity contribution in [2.45, 2.75) is 32.2 Å². The zero-order valence-electron chi connectivity index (χ0n) is 11.3. The second-order valence-electron chi connectivity index (χ2n) is 5.08. The Morgan fingerprint density at radius 2 is 2.26 bits per heavy atom. The Labute approximate surface area is 113 Å². The monoisotopic (exact) mass is 263 g/mol. The number of nitrogens with zero attached hydrogens (tertiary/aromatic N) is 1. The molecule has 5 nitrogen and oxygen atoms in total. The molecule has 1 fully saturated rings. The first-order chi connectivity index (χ1) is 9.20. The highest BCUT2D eigenvalue weighted by atomic mass is 16.5. The van der Waals surface area contributed by atoms with Crippen molar-refractivity contribution in [2.75, 3.05) is 13.7 Å². The van der Waals surface area contributed by atoms with E-state index in [-0.39, 0.29) is 11.3 Å². The van der Waals surface area contributed by atoms with Crippen LogP contribution in [0.3, 0.4) is 0 Å². The Hall–Kier alpha value is -1.62. The van der Waals surface area contributed by atoms with E-state index in [1.165, 1.54) is 0 Å². The van der Waals surface area contributed by atoms with Crippen molar-refractivity contribution in [1.29, 1.82) is 0 Å². The lowest BCUT2D eigenvalue weighted by Crippen LogP contribution is -2.43. The van der Waals surface area contributed by atoms with Gasteiger partial charge in [-0.05, 0) is 24.5 Å². The fraction of sp³-hybridized carbons (Fsp3) is 0.571. The summed E-state index contributed by atoms with van der Waals surface area (Å²) < 4.78 is 5.06. The molecule has 19 heavy (non-hydrogen) atoms. The minimum absolute atomic E-state index is 0.0725. The number of carbonyl (C=O) groups excluding carboxylic acids is 1. The topological polar surface area (TPSA) is 77.2 Å². The van der Waals surface area contributed by atoms with Crippen molar-refractivity contribution >= 4 is 5.91 Å². The van der Waals surface area contributed by atoms with Gasteiger partial charge < -0.3 is 15.8 Å². The van der Waals surface area contributed by atoms with Crippen molar-refractivity contribution in [3.63, 3.8) is 0 Å². The average molecular weight is 263 g/mol. The number of ether oxygens (including phenoxy) is 1. The summed E-state index contributed by atoms with van der Waals surface area (Å²) in [5, 5.41) is 2.98. The van der Waals surface area contributed by atoms with Crippen LogP contribution in [-0.4, -0.2) is 24.5 Å². The van der Waals surface area contributed by atoms with E-state index in [1.807, 2.05) is 12.1 Å². The maximum atomic E-state index is 12.3. The summed E-state index contributed by atoms with van der Waals surface area (Å²) in [5.41, 5.74) is 6.42. The summed E-state index contributed by atoms with van der Waals surface area (Å²) >= 11 is 0. The van der Waals surface area contributed by atoms with Gasteiger partial charge in [-0.3, -0.25) is 4.79 Å². The lowest BCUT2D eigenvalue weighted by molar-refractivity contribution is -0.130. The standard InChI is InChI=1S/C14H21N3O2/c1-19-12-8-11(4-7-16-12)9-17-13(18)14(10-15)5-2-3-6-14/h4,7-8H,2-3,5-6,9-10,15H2,1H3,(H,17,18). The first kappa shape index (κ1) is 13.8. The van der Waals surface area contributed by atoms with E-state index in [2.05, 4.69) is 10.3 Å². The van der Waals surface area contributed by atoms with Crippen LogP contribution in [0.15, 0.2) is 18.3 Å². The van der Waals surface area contributed by atoms with Gasteiger partial charge in [0.15, 0.2) is 0 Å². The fourth-order valence-corrected chi connectivity index (χ4v) is 2.62. The Morgan fingerprint density at radius 3 is 2.89 bits per heavy atom. The number of amides is 1. The summed E-state index contributed by atoms with van der Waals surface area (Å²) in [6, 6.07) is 3.69. The van der Waals surface area contributed by atoms with Crippen LogP contribution in [0.2, 0.25) is 0 Å². The van der Waals surface area contributed by atoms with Gasteiger partial charge >= 0.3 is 0 Å². The predicted molar refractivity (Wildman–Crippen MR) is 72.6 cm³/mol. The molecule has 1 aromatic rings. The van der Waals surface area contributed by atoms with Gasteiger partial charge in [-0.25, -0.2) is 4.98 Å². The third kappa shape index (κ3) is 3.04. The average Bonchev–Trinajstić information content (AvgIpc) is 2.95. The molecule has 3 N–H and O–H groups in total. The first-order valence-corrected chi connectivity index (χ1v) is 6.67. The van der Waals surface area contributed by atoms with Gasteiger partial charge in [0.05, 0.1) is 12.5 Å². The van der Waals surface area contributed by atoms with E-state index in [0.29, 0.717) is 19.0 Å². The molecule has 0 bridgehead atoms. The number of pyridine rings is 1. The lowest BCUT2D eigenvalue weighted by atomic mass is 9.85. The van der Waals surface area contributed by atoms with Crippen LogP contribution in [0.5, 0.6) is 5.88 Å². The smallest absolute Gasteiger partial charge is 0.227 e. The zero-order chi connectivity index (χ0) is 13.7. The Bertz CT molecular complexity index is 442. The molecule has 1 aliphatic rings. The van der Waals surface area contributed by atoms with Crippen LogP contribution in [0, 0.1) is 5.41 Å². The minimum atomic E-state index is -0.350. The molecular formula is C14H21N3O2. The SMILES string of the molecule is COc1cc(CNC(=O)C2(CN)CCCC2)ccn1. The van der Waals surface area contributed by atoms with Crippen LogP contribution in [0.1, 0.15) is 31.2 Å². The molecule has 0 aromatic carbocycles. The maximum absolute atomic E-state index is 12.3. The molecule has 0 spiro atoms. The molecule has 1 saturated carbocycles. The maximum Gasteiger partial charge on any atom is 0.227 e. The van der Waals surface area contributed by atoms with E-state index < -0.39 is 0 Å².